The molecule has 1 atom stereocenters. The van der Waals surface area contributed by atoms with Crippen LogP contribution in [0.1, 0.15) is 46.1 Å². The van der Waals surface area contributed by atoms with Gasteiger partial charge in [-0.05, 0) is 64.0 Å². The Labute approximate surface area is 178 Å². The molecule has 0 radical (unpaired) electrons. The van der Waals surface area contributed by atoms with E-state index >= 15 is 0 Å². The molecule has 1 unspecified atom stereocenters. The fourth-order valence-electron chi connectivity index (χ4n) is 4.34. The molecule has 3 aromatic rings. The van der Waals surface area contributed by atoms with Crippen molar-refractivity contribution in [2.24, 2.45) is 0 Å². The maximum atomic E-state index is 13.1. The number of amides is 1. The number of carbonyl (C=O) groups is 1. The SMILES string of the molecule is COc1ccccc1C(CNC(=O)c1cc2cc(C)ccc2nc1C)N1CCCC1. The number of para-hydroxylation sites is 1. The first kappa shape index (κ1) is 20.4. The second-order valence-corrected chi connectivity index (χ2v) is 8.03. The molecule has 1 N–H and O–H groups in total. The average Bonchev–Trinajstić information content (AvgIpc) is 3.28. The highest BCUT2D eigenvalue weighted by atomic mass is 16.5. The van der Waals surface area contributed by atoms with Crippen LogP contribution in [0, 0.1) is 13.8 Å². The Morgan fingerprint density at radius 1 is 1.13 bits per heavy atom. The number of benzene rings is 2. The van der Waals surface area contributed by atoms with Crippen LogP contribution < -0.4 is 10.1 Å². The summed E-state index contributed by atoms with van der Waals surface area (Å²) in [4.78, 5) is 20.2. The Kier molecular flexibility index (Phi) is 6.00. The first-order chi connectivity index (χ1) is 14.6. The van der Waals surface area contributed by atoms with Gasteiger partial charge in [0, 0.05) is 17.5 Å². The van der Waals surface area contributed by atoms with Gasteiger partial charge in [-0.25, -0.2) is 0 Å². The number of likely N-dealkylation sites (tertiary alicyclic amines) is 1. The Hall–Kier alpha value is -2.92. The molecule has 1 aliphatic heterocycles. The van der Waals surface area contributed by atoms with Gasteiger partial charge in [0.25, 0.3) is 5.91 Å². The van der Waals surface area contributed by atoms with Gasteiger partial charge in [-0.3, -0.25) is 14.7 Å². The van der Waals surface area contributed by atoms with Gasteiger partial charge >= 0.3 is 0 Å². The number of aromatic nitrogens is 1. The van der Waals surface area contributed by atoms with Crippen molar-refractivity contribution in [2.75, 3.05) is 26.7 Å². The maximum absolute atomic E-state index is 13.1. The van der Waals surface area contributed by atoms with Gasteiger partial charge in [0.05, 0.1) is 29.9 Å². The number of ether oxygens (including phenoxy) is 1. The highest BCUT2D eigenvalue weighted by Gasteiger charge is 2.26. The van der Waals surface area contributed by atoms with Crippen molar-refractivity contribution in [3.8, 4) is 5.75 Å². The predicted octanol–water partition coefficient (Wildman–Crippen LogP) is 4.43. The fraction of sp³-hybridized carbons (Fsp3) is 0.360. The largest absolute Gasteiger partial charge is 0.496 e. The Morgan fingerprint density at radius 3 is 2.67 bits per heavy atom. The molecular weight excluding hydrogens is 374 g/mol. The van der Waals surface area contributed by atoms with Crippen molar-refractivity contribution in [3.63, 3.8) is 0 Å². The Morgan fingerprint density at radius 2 is 1.90 bits per heavy atom. The monoisotopic (exact) mass is 403 g/mol. The summed E-state index contributed by atoms with van der Waals surface area (Å²) in [6, 6.07) is 16.3. The van der Waals surface area contributed by atoms with E-state index in [0.717, 1.165) is 46.6 Å². The normalized spacial score (nSPS) is 15.3. The van der Waals surface area contributed by atoms with E-state index in [9.17, 15) is 4.79 Å². The molecular formula is C25H29N3O2. The topological polar surface area (TPSA) is 54.5 Å². The minimum atomic E-state index is -0.0810. The van der Waals surface area contributed by atoms with Gasteiger partial charge in [-0.15, -0.1) is 0 Å². The van der Waals surface area contributed by atoms with Crippen LogP contribution in [0.4, 0.5) is 0 Å². The number of hydrogen-bond donors (Lipinski definition) is 1. The molecule has 30 heavy (non-hydrogen) atoms. The molecule has 0 spiro atoms. The van der Waals surface area contributed by atoms with Gasteiger partial charge in [-0.2, -0.15) is 0 Å². The van der Waals surface area contributed by atoms with Crippen LogP contribution in [0.3, 0.4) is 0 Å². The lowest BCUT2D eigenvalue weighted by atomic mass is 10.0. The summed E-state index contributed by atoms with van der Waals surface area (Å²) >= 11 is 0. The minimum absolute atomic E-state index is 0.0810. The van der Waals surface area contributed by atoms with Crippen LogP contribution >= 0.6 is 0 Å². The summed E-state index contributed by atoms with van der Waals surface area (Å²) in [5, 5.41) is 4.16. The third kappa shape index (κ3) is 4.17. The van der Waals surface area contributed by atoms with E-state index in [2.05, 4.69) is 27.3 Å². The van der Waals surface area contributed by atoms with Crippen LogP contribution in [0.25, 0.3) is 10.9 Å². The smallest absolute Gasteiger partial charge is 0.253 e. The Balaban J connectivity index is 1.58. The van der Waals surface area contributed by atoms with E-state index in [1.54, 1.807) is 7.11 Å². The van der Waals surface area contributed by atoms with Crippen LogP contribution in [-0.4, -0.2) is 42.5 Å². The number of hydrogen-bond acceptors (Lipinski definition) is 4. The van der Waals surface area contributed by atoms with Gasteiger partial charge in [0.1, 0.15) is 5.75 Å². The van der Waals surface area contributed by atoms with Crippen molar-refractivity contribution in [1.82, 2.24) is 15.2 Å². The number of nitrogens with one attached hydrogen (secondary N) is 1. The molecule has 1 aromatic heterocycles. The summed E-state index contributed by atoms with van der Waals surface area (Å²) < 4.78 is 5.61. The maximum Gasteiger partial charge on any atom is 0.253 e. The second-order valence-electron chi connectivity index (χ2n) is 8.03. The van der Waals surface area contributed by atoms with Crippen LogP contribution in [0.2, 0.25) is 0 Å². The summed E-state index contributed by atoms with van der Waals surface area (Å²) in [5.74, 6) is 0.783. The molecule has 4 rings (SSSR count). The zero-order valence-corrected chi connectivity index (χ0v) is 17.9. The fourth-order valence-corrected chi connectivity index (χ4v) is 4.34. The van der Waals surface area contributed by atoms with E-state index in [4.69, 9.17) is 4.74 Å². The van der Waals surface area contributed by atoms with Crippen molar-refractivity contribution in [1.29, 1.82) is 0 Å². The predicted molar refractivity (Wildman–Crippen MR) is 120 cm³/mol. The molecule has 5 heteroatoms. The van der Waals surface area contributed by atoms with Crippen molar-refractivity contribution in [3.05, 3.63) is 70.9 Å². The molecule has 156 valence electrons. The molecule has 1 fully saturated rings. The standard InChI is InChI=1S/C25H29N3O2/c1-17-10-11-22-19(14-17)15-21(18(2)27-22)25(29)26-16-23(28-12-6-7-13-28)20-8-4-5-9-24(20)30-3/h4-5,8-11,14-15,23H,6-7,12-13,16H2,1-3H3,(H,26,29). The molecule has 0 bridgehead atoms. The van der Waals surface area contributed by atoms with Gasteiger partial charge in [0.15, 0.2) is 0 Å². The molecule has 1 aliphatic rings. The molecule has 5 nitrogen and oxygen atoms in total. The lowest BCUT2D eigenvalue weighted by molar-refractivity contribution is 0.0936. The first-order valence-corrected chi connectivity index (χ1v) is 10.6. The van der Waals surface area contributed by atoms with Crippen LogP contribution in [-0.2, 0) is 0 Å². The summed E-state index contributed by atoms with van der Waals surface area (Å²) in [7, 11) is 1.70. The minimum Gasteiger partial charge on any atom is -0.496 e. The zero-order valence-electron chi connectivity index (χ0n) is 17.9. The number of nitrogens with zero attached hydrogens (tertiary/aromatic N) is 2. The van der Waals surface area contributed by atoms with E-state index < -0.39 is 0 Å². The zero-order chi connectivity index (χ0) is 21.1. The number of carbonyl (C=O) groups excluding carboxylic acids is 1. The molecule has 0 aliphatic carbocycles. The lowest BCUT2D eigenvalue weighted by Gasteiger charge is -2.29. The second kappa shape index (κ2) is 8.84. The van der Waals surface area contributed by atoms with Gasteiger partial charge < -0.3 is 10.1 Å². The molecule has 2 aromatic carbocycles. The molecule has 1 saturated heterocycles. The van der Waals surface area contributed by atoms with E-state index in [0.29, 0.717) is 12.1 Å². The van der Waals surface area contributed by atoms with Gasteiger partial charge in [-0.1, -0.05) is 29.8 Å². The number of pyridine rings is 1. The van der Waals surface area contributed by atoms with E-state index in [1.807, 2.05) is 50.2 Å². The summed E-state index contributed by atoms with van der Waals surface area (Å²) in [6.45, 7) is 6.55. The Bertz CT molecular complexity index is 1060. The van der Waals surface area contributed by atoms with Crippen molar-refractivity contribution >= 4 is 16.8 Å². The average molecular weight is 404 g/mol. The number of rotatable bonds is 6. The summed E-state index contributed by atoms with van der Waals surface area (Å²) in [6.07, 6.45) is 2.37. The highest BCUT2D eigenvalue weighted by molar-refractivity contribution is 5.98. The van der Waals surface area contributed by atoms with Crippen LogP contribution in [0.15, 0.2) is 48.5 Å². The number of fused-ring (bicyclic) bond motifs is 1. The van der Waals surface area contributed by atoms with E-state index in [-0.39, 0.29) is 11.9 Å². The molecule has 1 amide bonds. The highest BCUT2D eigenvalue weighted by Crippen LogP contribution is 2.31. The molecule has 2 heterocycles. The van der Waals surface area contributed by atoms with Crippen molar-refractivity contribution < 1.29 is 9.53 Å². The number of aryl methyl sites for hydroxylation is 2. The lowest BCUT2D eigenvalue weighted by Crippen LogP contribution is -2.37. The van der Waals surface area contributed by atoms with E-state index in [1.165, 1.54) is 12.8 Å². The van der Waals surface area contributed by atoms with Crippen molar-refractivity contribution in [2.45, 2.75) is 32.7 Å². The third-order valence-corrected chi connectivity index (χ3v) is 5.94. The molecule has 0 saturated carbocycles. The third-order valence-electron chi connectivity index (χ3n) is 5.94. The van der Waals surface area contributed by atoms with Gasteiger partial charge in [0.2, 0.25) is 0 Å². The quantitative estimate of drug-likeness (QED) is 0.662. The number of methoxy groups -OCH3 is 1. The first-order valence-electron chi connectivity index (χ1n) is 10.6. The summed E-state index contributed by atoms with van der Waals surface area (Å²) in [5.41, 5.74) is 4.57. The van der Waals surface area contributed by atoms with Crippen LogP contribution in [0.5, 0.6) is 5.75 Å².